The van der Waals surface area contributed by atoms with Gasteiger partial charge in [-0.25, -0.2) is 4.39 Å². The molecule has 1 aliphatic carbocycles. The number of hydrogen-bond donors (Lipinski definition) is 1. The van der Waals surface area contributed by atoms with Crippen molar-refractivity contribution in [2.45, 2.75) is 83.5 Å². The largest absolute Gasteiger partial charge is 0.491 e. The minimum absolute atomic E-state index is 0.0226. The molecular weight excluding hydrogens is 350 g/mol. The Kier molecular flexibility index (Phi) is 7.10. The first-order valence-corrected chi connectivity index (χ1v) is 10.5. The molecule has 3 nitrogen and oxygen atoms in total. The highest BCUT2D eigenvalue weighted by atomic mass is 19.2. The topological polar surface area (TPSA) is 38.7 Å². The predicted molar refractivity (Wildman–Crippen MR) is 101 cm³/mol. The number of benzene rings is 1. The van der Waals surface area contributed by atoms with E-state index in [2.05, 4.69) is 6.92 Å². The van der Waals surface area contributed by atoms with Crippen LogP contribution in [0.1, 0.15) is 76.7 Å². The van der Waals surface area contributed by atoms with Gasteiger partial charge in [0.2, 0.25) is 5.82 Å². The Labute approximate surface area is 161 Å². The summed E-state index contributed by atoms with van der Waals surface area (Å²) in [6.07, 6.45) is 7.58. The fourth-order valence-electron chi connectivity index (χ4n) is 4.84. The third-order valence-corrected chi connectivity index (χ3v) is 6.31. The fourth-order valence-corrected chi connectivity index (χ4v) is 4.84. The Morgan fingerprint density at radius 3 is 2.41 bits per heavy atom. The molecule has 1 saturated heterocycles. The van der Waals surface area contributed by atoms with E-state index in [-0.39, 0.29) is 24.0 Å². The van der Waals surface area contributed by atoms with E-state index in [1.807, 2.05) is 0 Å². The van der Waals surface area contributed by atoms with Gasteiger partial charge in [-0.1, -0.05) is 38.7 Å². The van der Waals surface area contributed by atoms with Crippen LogP contribution in [0.5, 0.6) is 5.75 Å². The van der Waals surface area contributed by atoms with Crippen molar-refractivity contribution in [3.63, 3.8) is 0 Å². The summed E-state index contributed by atoms with van der Waals surface area (Å²) in [4.78, 5) is 0. The van der Waals surface area contributed by atoms with Crippen LogP contribution in [-0.4, -0.2) is 24.1 Å². The van der Waals surface area contributed by atoms with Crippen molar-refractivity contribution in [1.82, 2.24) is 0 Å². The summed E-state index contributed by atoms with van der Waals surface area (Å²) in [6, 6.07) is 2.95. The number of halogens is 2. The SMILES string of the molecule is CCCC1CCC(C2CCC(c3ccc(OCC)c(F)c3F)C(O)O2)CC1. The molecule has 2 fully saturated rings. The maximum atomic E-state index is 14.5. The van der Waals surface area contributed by atoms with Crippen LogP contribution in [0, 0.1) is 23.5 Å². The van der Waals surface area contributed by atoms with Crippen LogP contribution < -0.4 is 4.74 Å². The van der Waals surface area contributed by atoms with Crippen LogP contribution in [0.15, 0.2) is 12.1 Å². The number of rotatable bonds is 6. The zero-order chi connectivity index (χ0) is 19.4. The Balaban J connectivity index is 1.62. The molecule has 1 aromatic carbocycles. The Morgan fingerprint density at radius 1 is 1.04 bits per heavy atom. The van der Waals surface area contributed by atoms with E-state index in [9.17, 15) is 13.9 Å². The summed E-state index contributed by atoms with van der Waals surface area (Å²) >= 11 is 0. The predicted octanol–water partition coefficient (Wildman–Crippen LogP) is 5.55. The molecule has 0 amide bonds. The van der Waals surface area contributed by atoms with E-state index in [1.165, 1.54) is 37.8 Å². The summed E-state index contributed by atoms with van der Waals surface area (Å²) in [5, 5.41) is 10.5. The molecule has 3 unspecified atom stereocenters. The van der Waals surface area contributed by atoms with Gasteiger partial charge in [-0.15, -0.1) is 0 Å². The third kappa shape index (κ3) is 4.62. The molecule has 0 radical (unpaired) electrons. The van der Waals surface area contributed by atoms with Crippen molar-refractivity contribution in [2.24, 2.45) is 11.8 Å². The summed E-state index contributed by atoms with van der Waals surface area (Å²) in [5.74, 6) is -1.26. The monoisotopic (exact) mass is 382 g/mol. The zero-order valence-electron chi connectivity index (χ0n) is 16.4. The van der Waals surface area contributed by atoms with Gasteiger partial charge in [0.05, 0.1) is 12.7 Å². The first kappa shape index (κ1) is 20.5. The van der Waals surface area contributed by atoms with E-state index in [0.717, 1.165) is 25.2 Å². The lowest BCUT2D eigenvalue weighted by Crippen LogP contribution is -2.39. The van der Waals surface area contributed by atoms with Gasteiger partial charge in [-0.2, -0.15) is 4.39 Å². The second kappa shape index (κ2) is 9.33. The van der Waals surface area contributed by atoms with E-state index in [4.69, 9.17) is 9.47 Å². The van der Waals surface area contributed by atoms with Crippen molar-refractivity contribution < 1.29 is 23.4 Å². The zero-order valence-corrected chi connectivity index (χ0v) is 16.4. The summed E-state index contributed by atoms with van der Waals surface area (Å²) in [7, 11) is 0. The Hall–Kier alpha value is -1.20. The number of aliphatic hydroxyl groups is 1. The first-order chi connectivity index (χ1) is 13.0. The molecule has 0 bridgehead atoms. The quantitative estimate of drug-likeness (QED) is 0.701. The normalized spacial score (nSPS) is 31.7. The molecule has 27 heavy (non-hydrogen) atoms. The van der Waals surface area contributed by atoms with Gasteiger partial charge >= 0.3 is 0 Å². The first-order valence-electron chi connectivity index (χ1n) is 10.5. The summed E-state index contributed by atoms with van der Waals surface area (Å²) in [6.45, 7) is 4.22. The van der Waals surface area contributed by atoms with Gasteiger partial charge in [0, 0.05) is 5.92 Å². The van der Waals surface area contributed by atoms with Gasteiger partial charge in [0.25, 0.3) is 0 Å². The lowest BCUT2D eigenvalue weighted by atomic mass is 9.75. The smallest absolute Gasteiger partial charge is 0.200 e. The van der Waals surface area contributed by atoms with Gasteiger partial charge in [-0.3, -0.25) is 0 Å². The maximum absolute atomic E-state index is 14.5. The van der Waals surface area contributed by atoms with Crippen molar-refractivity contribution in [1.29, 1.82) is 0 Å². The lowest BCUT2D eigenvalue weighted by Gasteiger charge is -2.40. The van der Waals surface area contributed by atoms with E-state index in [0.29, 0.717) is 12.3 Å². The van der Waals surface area contributed by atoms with Crippen LogP contribution in [0.4, 0.5) is 8.78 Å². The van der Waals surface area contributed by atoms with Crippen LogP contribution >= 0.6 is 0 Å². The second-order valence-corrected chi connectivity index (χ2v) is 8.03. The number of aliphatic hydroxyl groups excluding tert-OH is 1. The van der Waals surface area contributed by atoms with E-state index in [1.54, 1.807) is 6.92 Å². The molecule has 3 rings (SSSR count). The number of hydrogen-bond acceptors (Lipinski definition) is 3. The highest BCUT2D eigenvalue weighted by Crippen LogP contribution is 2.42. The molecule has 1 N–H and O–H groups in total. The van der Waals surface area contributed by atoms with Crippen molar-refractivity contribution in [3.8, 4) is 5.75 Å². The molecule has 0 spiro atoms. The highest BCUT2D eigenvalue weighted by molar-refractivity contribution is 5.33. The molecular formula is C22H32F2O3. The van der Waals surface area contributed by atoms with Gasteiger partial charge in [0.15, 0.2) is 17.9 Å². The van der Waals surface area contributed by atoms with Crippen LogP contribution in [0.3, 0.4) is 0 Å². The van der Waals surface area contributed by atoms with Crippen molar-refractivity contribution in [2.75, 3.05) is 6.61 Å². The van der Waals surface area contributed by atoms with Gasteiger partial charge in [-0.05, 0) is 56.1 Å². The highest BCUT2D eigenvalue weighted by Gasteiger charge is 2.37. The molecule has 1 heterocycles. The summed E-state index contributed by atoms with van der Waals surface area (Å²) in [5.41, 5.74) is 0.175. The molecule has 2 aliphatic rings. The van der Waals surface area contributed by atoms with Gasteiger partial charge < -0.3 is 14.6 Å². The molecule has 5 heteroatoms. The Bertz CT molecular complexity index is 614. The average Bonchev–Trinajstić information content (AvgIpc) is 2.67. The third-order valence-electron chi connectivity index (χ3n) is 6.31. The fraction of sp³-hybridized carbons (Fsp3) is 0.727. The van der Waals surface area contributed by atoms with Crippen molar-refractivity contribution in [3.05, 3.63) is 29.3 Å². The van der Waals surface area contributed by atoms with Crippen LogP contribution in [-0.2, 0) is 4.74 Å². The molecule has 3 atom stereocenters. The molecule has 1 aromatic rings. The molecule has 1 saturated carbocycles. The average molecular weight is 382 g/mol. The minimum atomic E-state index is -1.09. The standard InChI is InChI=1S/C22H32F2O3/c1-3-5-14-6-8-15(9-7-14)18-12-11-17(22(25)27-18)16-10-13-19(26-4-2)21(24)20(16)23/h10,13-15,17-18,22,25H,3-9,11-12H2,1-2H3. The van der Waals surface area contributed by atoms with Crippen LogP contribution in [0.2, 0.25) is 0 Å². The van der Waals surface area contributed by atoms with Crippen molar-refractivity contribution >= 4 is 0 Å². The molecule has 0 aromatic heterocycles. The Morgan fingerprint density at radius 2 is 1.78 bits per heavy atom. The lowest BCUT2D eigenvalue weighted by molar-refractivity contribution is -0.192. The summed E-state index contributed by atoms with van der Waals surface area (Å²) < 4.78 is 39.7. The van der Waals surface area contributed by atoms with E-state index < -0.39 is 23.8 Å². The molecule has 1 aliphatic heterocycles. The second-order valence-electron chi connectivity index (χ2n) is 8.03. The maximum Gasteiger partial charge on any atom is 0.200 e. The minimum Gasteiger partial charge on any atom is -0.491 e. The van der Waals surface area contributed by atoms with Crippen LogP contribution in [0.25, 0.3) is 0 Å². The number of ether oxygens (including phenoxy) is 2. The molecule has 152 valence electrons. The van der Waals surface area contributed by atoms with E-state index >= 15 is 0 Å². The van der Waals surface area contributed by atoms with Gasteiger partial charge in [0.1, 0.15) is 0 Å².